The summed E-state index contributed by atoms with van der Waals surface area (Å²) in [4.78, 5) is 7.05. The molecule has 1 aromatic rings. The predicted octanol–water partition coefficient (Wildman–Crippen LogP) is -0.612. The summed E-state index contributed by atoms with van der Waals surface area (Å²) in [5, 5.41) is 22.9. The van der Waals surface area contributed by atoms with Crippen LogP contribution in [0, 0.1) is 0 Å². The van der Waals surface area contributed by atoms with Gasteiger partial charge in [0.2, 0.25) is 5.95 Å². The van der Waals surface area contributed by atoms with Crippen molar-refractivity contribution in [3.8, 4) is 0 Å². The number of hydrogen-bond acceptors (Lipinski definition) is 9. The highest BCUT2D eigenvalue weighted by Crippen LogP contribution is 2.28. The first-order valence-electron chi connectivity index (χ1n) is 8.33. The van der Waals surface area contributed by atoms with Gasteiger partial charge in [0.25, 0.3) is 0 Å². The van der Waals surface area contributed by atoms with Crippen LogP contribution in [0.4, 0.5) is 19.1 Å². The molecule has 5 N–H and O–H groups in total. The SMILES string of the molecule is NCCOCCOC[C@H]1OC[C@H](Nc2nccc(C(F)(F)F)n2)[C@@H](O)[C@H]1O. The molecular weight excluding hydrogens is 373 g/mol. The molecule has 0 spiro atoms. The van der Waals surface area contributed by atoms with Crippen molar-refractivity contribution in [2.45, 2.75) is 30.5 Å². The van der Waals surface area contributed by atoms with Crippen molar-refractivity contribution in [1.29, 1.82) is 0 Å². The second-order valence-corrected chi connectivity index (χ2v) is 5.84. The second-order valence-electron chi connectivity index (χ2n) is 5.84. The van der Waals surface area contributed by atoms with Crippen LogP contribution in [0.5, 0.6) is 0 Å². The van der Waals surface area contributed by atoms with Gasteiger partial charge in [0.15, 0.2) is 0 Å². The topological polar surface area (TPSA) is 132 Å². The fourth-order valence-electron chi connectivity index (χ4n) is 2.41. The molecule has 0 amide bonds. The lowest BCUT2D eigenvalue weighted by molar-refractivity contribution is -0.161. The minimum Gasteiger partial charge on any atom is -0.388 e. The Balaban J connectivity index is 1.83. The molecule has 0 saturated carbocycles. The van der Waals surface area contributed by atoms with E-state index in [-0.39, 0.29) is 25.8 Å². The predicted molar refractivity (Wildman–Crippen MR) is 86.9 cm³/mol. The van der Waals surface area contributed by atoms with E-state index in [1.54, 1.807) is 0 Å². The number of rotatable bonds is 9. The Hall–Kier alpha value is -1.57. The van der Waals surface area contributed by atoms with E-state index >= 15 is 0 Å². The second kappa shape index (κ2) is 10.1. The van der Waals surface area contributed by atoms with Crippen LogP contribution in [0.3, 0.4) is 0 Å². The Bertz CT molecular complexity index is 581. The first kappa shape index (κ1) is 21.7. The van der Waals surface area contributed by atoms with E-state index in [2.05, 4.69) is 15.3 Å². The Labute approximate surface area is 153 Å². The number of nitrogens with zero attached hydrogens (tertiary/aromatic N) is 2. The van der Waals surface area contributed by atoms with Crippen molar-refractivity contribution in [3.63, 3.8) is 0 Å². The summed E-state index contributed by atoms with van der Waals surface area (Å²) in [6, 6.07) is -0.147. The molecule has 0 radical (unpaired) electrons. The summed E-state index contributed by atoms with van der Waals surface area (Å²) < 4.78 is 54.0. The maximum Gasteiger partial charge on any atom is 0.433 e. The third-order valence-corrected chi connectivity index (χ3v) is 3.81. The van der Waals surface area contributed by atoms with Crippen molar-refractivity contribution in [2.75, 3.05) is 44.9 Å². The fourth-order valence-corrected chi connectivity index (χ4v) is 2.41. The van der Waals surface area contributed by atoms with Crippen LogP contribution in [0.25, 0.3) is 0 Å². The highest BCUT2D eigenvalue weighted by molar-refractivity contribution is 5.29. The smallest absolute Gasteiger partial charge is 0.388 e. The summed E-state index contributed by atoms with van der Waals surface area (Å²) in [7, 11) is 0. The van der Waals surface area contributed by atoms with Crippen LogP contribution >= 0.6 is 0 Å². The number of nitrogens with two attached hydrogens (primary N) is 1. The quantitative estimate of drug-likeness (QED) is 0.404. The van der Waals surface area contributed by atoms with Crippen LogP contribution in [0.15, 0.2) is 12.3 Å². The Morgan fingerprint density at radius 3 is 2.67 bits per heavy atom. The summed E-state index contributed by atoms with van der Waals surface area (Å²) in [5.74, 6) is -0.323. The Morgan fingerprint density at radius 2 is 1.96 bits per heavy atom. The molecule has 2 rings (SSSR count). The average molecular weight is 396 g/mol. The minimum absolute atomic E-state index is 0.0248. The molecule has 27 heavy (non-hydrogen) atoms. The van der Waals surface area contributed by atoms with Gasteiger partial charge in [-0.15, -0.1) is 0 Å². The summed E-state index contributed by atoms with van der Waals surface area (Å²) >= 11 is 0. The lowest BCUT2D eigenvalue weighted by Gasteiger charge is -2.37. The van der Waals surface area contributed by atoms with Gasteiger partial charge in [0.05, 0.1) is 39.1 Å². The molecule has 1 fully saturated rings. The van der Waals surface area contributed by atoms with E-state index in [0.717, 1.165) is 12.3 Å². The molecule has 0 bridgehead atoms. The standard InChI is InChI=1S/C15H23F3N4O5/c16-15(17,18)11-1-3-20-14(22-11)21-9-7-27-10(13(24)12(9)23)8-26-6-5-25-4-2-19/h1,3,9-10,12-13,23-24H,2,4-8,19H2,(H,20,21,22)/t9-,10+,12+,13-/m0/s1. The monoisotopic (exact) mass is 396 g/mol. The lowest BCUT2D eigenvalue weighted by atomic mass is 9.98. The molecule has 1 saturated heterocycles. The van der Waals surface area contributed by atoms with Crippen LogP contribution < -0.4 is 11.1 Å². The number of aliphatic hydroxyl groups excluding tert-OH is 2. The van der Waals surface area contributed by atoms with E-state index in [1.807, 2.05) is 0 Å². The number of alkyl halides is 3. The zero-order chi connectivity index (χ0) is 19.9. The van der Waals surface area contributed by atoms with Crippen molar-refractivity contribution in [3.05, 3.63) is 18.0 Å². The summed E-state index contributed by atoms with van der Waals surface area (Å²) in [6.45, 7) is 1.37. The molecule has 9 nitrogen and oxygen atoms in total. The first-order valence-corrected chi connectivity index (χ1v) is 8.33. The van der Waals surface area contributed by atoms with Gasteiger partial charge in [-0.2, -0.15) is 13.2 Å². The number of ether oxygens (including phenoxy) is 3. The van der Waals surface area contributed by atoms with Gasteiger partial charge >= 0.3 is 6.18 Å². The largest absolute Gasteiger partial charge is 0.433 e. The van der Waals surface area contributed by atoms with Crippen molar-refractivity contribution in [1.82, 2.24) is 9.97 Å². The highest BCUT2D eigenvalue weighted by atomic mass is 19.4. The molecule has 0 aliphatic carbocycles. The van der Waals surface area contributed by atoms with E-state index < -0.39 is 36.2 Å². The van der Waals surface area contributed by atoms with Crippen LogP contribution in [-0.2, 0) is 20.4 Å². The van der Waals surface area contributed by atoms with Crippen molar-refractivity contribution >= 4 is 5.95 Å². The van der Waals surface area contributed by atoms with Gasteiger partial charge in [-0.1, -0.05) is 0 Å². The first-order chi connectivity index (χ1) is 12.8. The van der Waals surface area contributed by atoms with Gasteiger partial charge < -0.3 is 35.5 Å². The minimum atomic E-state index is -4.61. The van der Waals surface area contributed by atoms with Crippen molar-refractivity contribution in [2.24, 2.45) is 5.73 Å². The molecule has 1 aliphatic heterocycles. The van der Waals surface area contributed by atoms with E-state index in [4.69, 9.17) is 19.9 Å². The van der Waals surface area contributed by atoms with Gasteiger partial charge in [-0.3, -0.25) is 0 Å². The number of anilines is 1. The zero-order valence-corrected chi connectivity index (χ0v) is 14.4. The zero-order valence-electron chi connectivity index (χ0n) is 14.4. The van der Waals surface area contributed by atoms with Crippen molar-refractivity contribution < 1.29 is 37.6 Å². The molecule has 12 heteroatoms. The third-order valence-electron chi connectivity index (χ3n) is 3.81. The molecule has 1 aromatic heterocycles. The van der Waals surface area contributed by atoms with E-state index in [9.17, 15) is 23.4 Å². The number of halogens is 3. The molecule has 1 aliphatic rings. The number of aliphatic hydroxyl groups is 2. The van der Waals surface area contributed by atoms with Crippen LogP contribution in [0.1, 0.15) is 5.69 Å². The van der Waals surface area contributed by atoms with E-state index in [0.29, 0.717) is 19.8 Å². The highest BCUT2D eigenvalue weighted by Gasteiger charge is 2.39. The molecule has 2 heterocycles. The number of hydrogen-bond donors (Lipinski definition) is 4. The number of aromatic nitrogens is 2. The van der Waals surface area contributed by atoms with Gasteiger partial charge in [0, 0.05) is 12.7 Å². The molecule has 154 valence electrons. The van der Waals surface area contributed by atoms with Crippen LogP contribution in [0.2, 0.25) is 0 Å². The summed E-state index contributed by atoms with van der Waals surface area (Å²) in [6.07, 6.45) is -7.05. The van der Waals surface area contributed by atoms with Crippen LogP contribution in [-0.4, -0.2) is 84.1 Å². The number of nitrogens with one attached hydrogen (secondary N) is 1. The fraction of sp³-hybridized carbons (Fsp3) is 0.733. The summed E-state index contributed by atoms with van der Waals surface area (Å²) in [5.41, 5.74) is 4.16. The molecule has 4 atom stereocenters. The molecular formula is C15H23F3N4O5. The third kappa shape index (κ3) is 6.52. The Kier molecular flexibility index (Phi) is 8.13. The van der Waals surface area contributed by atoms with Gasteiger partial charge in [-0.05, 0) is 6.07 Å². The molecule has 0 unspecified atom stereocenters. The average Bonchev–Trinajstić information content (AvgIpc) is 2.63. The lowest BCUT2D eigenvalue weighted by Crippen LogP contribution is -2.57. The maximum absolute atomic E-state index is 12.7. The maximum atomic E-state index is 12.7. The molecule has 0 aromatic carbocycles. The normalized spacial score (nSPS) is 26.1. The Morgan fingerprint density at radius 1 is 1.22 bits per heavy atom. The van der Waals surface area contributed by atoms with E-state index in [1.165, 1.54) is 0 Å². The van der Waals surface area contributed by atoms with Gasteiger partial charge in [0.1, 0.15) is 24.0 Å². The van der Waals surface area contributed by atoms with Gasteiger partial charge in [-0.25, -0.2) is 9.97 Å².